The van der Waals surface area contributed by atoms with E-state index in [0.717, 1.165) is 0 Å². The number of carbonyl (C=O) groups excluding carboxylic acids is 3. The van der Waals surface area contributed by atoms with Crippen molar-refractivity contribution >= 4 is 23.5 Å². The van der Waals surface area contributed by atoms with Crippen molar-refractivity contribution in [2.75, 3.05) is 26.0 Å². The number of amides is 2. The first-order chi connectivity index (χ1) is 12.2. The summed E-state index contributed by atoms with van der Waals surface area (Å²) < 4.78 is 10.4. The van der Waals surface area contributed by atoms with Crippen molar-refractivity contribution in [2.45, 2.75) is 20.8 Å². The number of nitrogens with one attached hydrogen (secondary N) is 1. The fourth-order valence-corrected chi connectivity index (χ4v) is 2.45. The van der Waals surface area contributed by atoms with E-state index in [9.17, 15) is 14.4 Å². The van der Waals surface area contributed by atoms with Gasteiger partial charge in [0.1, 0.15) is 17.1 Å². The predicted octanol–water partition coefficient (Wildman–Crippen LogP) is 2.70. The third kappa shape index (κ3) is 4.30. The smallest absolute Gasteiger partial charge is 0.342 e. The lowest BCUT2D eigenvalue weighted by atomic mass is 10.1. The lowest BCUT2D eigenvalue weighted by Crippen LogP contribution is -2.22. The highest BCUT2D eigenvalue weighted by Gasteiger charge is 2.20. The molecule has 0 spiro atoms. The fourth-order valence-electron chi connectivity index (χ4n) is 2.45. The van der Waals surface area contributed by atoms with Crippen LogP contribution in [-0.2, 0) is 9.53 Å². The van der Waals surface area contributed by atoms with Gasteiger partial charge in [0.05, 0.1) is 0 Å². The molecule has 26 heavy (non-hydrogen) atoms. The number of hydrogen-bond acceptors (Lipinski definition) is 5. The van der Waals surface area contributed by atoms with E-state index < -0.39 is 18.5 Å². The van der Waals surface area contributed by atoms with Crippen LogP contribution in [0, 0.1) is 20.8 Å². The minimum absolute atomic E-state index is 0.127. The molecular weight excluding hydrogens is 336 g/mol. The largest absolute Gasteiger partial charge is 0.465 e. The van der Waals surface area contributed by atoms with E-state index in [1.807, 2.05) is 0 Å². The molecule has 1 N–H and O–H groups in total. The predicted molar refractivity (Wildman–Crippen MR) is 96.3 cm³/mol. The van der Waals surface area contributed by atoms with Gasteiger partial charge in [0.15, 0.2) is 6.61 Å². The highest BCUT2D eigenvalue weighted by Crippen LogP contribution is 2.21. The Morgan fingerprint density at radius 3 is 2.15 bits per heavy atom. The minimum Gasteiger partial charge on any atom is -0.465 e. The van der Waals surface area contributed by atoms with Crippen molar-refractivity contribution in [3.05, 3.63) is 52.5 Å². The normalized spacial score (nSPS) is 10.3. The van der Waals surface area contributed by atoms with Crippen LogP contribution < -0.4 is 5.32 Å². The van der Waals surface area contributed by atoms with Crippen LogP contribution in [-0.4, -0.2) is 43.4 Å². The third-order valence-electron chi connectivity index (χ3n) is 3.92. The first-order valence-electron chi connectivity index (χ1n) is 8.06. The number of anilines is 1. The van der Waals surface area contributed by atoms with Crippen LogP contribution in [0.4, 0.5) is 5.69 Å². The molecule has 2 aromatic rings. The maximum absolute atomic E-state index is 12.1. The van der Waals surface area contributed by atoms with Gasteiger partial charge >= 0.3 is 5.97 Å². The Kier molecular flexibility index (Phi) is 5.82. The van der Waals surface area contributed by atoms with Crippen LogP contribution >= 0.6 is 0 Å². The zero-order valence-electron chi connectivity index (χ0n) is 15.5. The molecular formula is C19H22N2O5. The summed E-state index contributed by atoms with van der Waals surface area (Å²) in [6.45, 7) is 4.78. The van der Waals surface area contributed by atoms with Crippen molar-refractivity contribution in [1.82, 2.24) is 4.90 Å². The number of furan rings is 1. The topological polar surface area (TPSA) is 88.8 Å². The Hall–Kier alpha value is -3.09. The molecule has 1 aromatic heterocycles. The monoisotopic (exact) mass is 358 g/mol. The Balaban J connectivity index is 1.92. The molecule has 0 radical (unpaired) electrons. The molecule has 7 nitrogen and oxygen atoms in total. The van der Waals surface area contributed by atoms with Crippen molar-refractivity contribution < 1.29 is 23.5 Å². The fraction of sp³-hybridized carbons (Fsp3) is 0.316. The number of benzene rings is 1. The second-order valence-electron chi connectivity index (χ2n) is 6.12. The van der Waals surface area contributed by atoms with Gasteiger partial charge in [-0.3, -0.25) is 9.59 Å². The molecule has 0 aliphatic heterocycles. The number of hydrogen-bond donors (Lipinski definition) is 1. The SMILES string of the molecule is Cc1oc(C)c(C(=O)OCC(=O)Nc2ccc(C(=O)N(C)C)cc2)c1C. The van der Waals surface area contributed by atoms with Gasteiger partial charge in [-0.25, -0.2) is 4.79 Å². The summed E-state index contributed by atoms with van der Waals surface area (Å²) in [7, 11) is 3.33. The highest BCUT2D eigenvalue weighted by molar-refractivity contribution is 5.97. The number of rotatable bonds is 5. The molecule has 0 bridgehead atoms. The van der Waals surface area contributed by atoms with Crippen LogP contribution in [0.2, 0.25) is 0 Å². The molecule has 1 aromatic carbocycles. The van der Waals surface area contributed by atoms with Crippen LogP contribution in [0.1, 0.15) is 37.8 Å². The van der Waals surface area contributed by atoms with Gasteiger partial charge in [-0.1, -0.05) is 0 Å². The zero-order valence-corrected chi connectivity index (χ0v) is 15.5. The summed E-state index contributed by atoms with van der Waals surface area (Å²) in [6, 6.07) is 6.46. The van der Waals surface area contributed by atoms with Crippen molar-refractivity contribution in [3.8, 4) is 0 Å². The van der Waals surface area contributed by atoms with Crippen molar-refractivity contribution in [3.63, 3.8) is 0 Å². The van der Waals surface area contributed by atoms with Crippen LogP contribution in [0.25, 0.3) is 0 Å². The summed E-state index contributed by atoms with van der Waals surface area (Å²) in [5.41, 5.74) is 2.07. The standard InChI is InChI=1S/C19H22N2O5/c1-11-12(2)26-13(3)17(11)19(24)25-10-16(22)20-15-8-6-14(7-9-15)18(23)21(4)5/h6-9H,10H2,1-5H3,(H,20,22). The van der Waals surface area contributed by atoms with Gasteiger partial charge in [0.2, 0.25) is 0 Å². The highest BCUT2D eigenvalue weighted by atomic mass is 16.5. The van der Waals surface area contributed by atoms with E-state index >= 15 is 0 Å². The molecule has 0 aliphatic carbocycles. The van der Waals surface area contributed by atoms with Crippen LogP contribution in [0.15, 0.2) is 28.7 Å². The molecule has 138 valence electrons. The van der Waals surface area contributed by atoms with Gasteiger partial charge in [0.25, 0.3) is 11.8 Å². The lowest BCUT2D eigenvalue weighted by molar-refractivity contribution is -0.119. The molecule has 7 heteroatoms. The first kappa shape index (κ1) is 19.2. The number of aryl methyl sites for hydroxylation is 2. The Morgan fingerprint density at radius 1 is 1.04 bits per heavy atom. The summed E-state index contributed by atoms with van der Waals surface area (Å²) in [4.78, 5) is 37.4. The van der Waals surface area contributed by atoms with Crippen molar-refractivity contribution in [2.24, 2.45) is 0 Å². The lowest BCUT2D eigenvalue weighted by Gasteiger charge is -2.11. The van der Waals surface area contributed by atoms with E-state index in [4.69, 9.17) is 9.15 Å². The molecule has 0 saturated heterocycles. The quantitative estimate of drug-likeness (QED) is 0.830. The molecule has 0 saturated carbocycles. The van der Waals surface area contributed by atoms with E-state index in [2.05, 4.69) is 5.32 Å². The second-order valence-corrected chi connectivity index (χ2v) is 6.12. The van der Waals surface area contributed by atoms with Crippen LogP contribution in [0.3, 0.4) is 0 Å². The zero-order chi connectivity index (χ0) is 19.4. The number of nitrogens with zero attached hydrogens (tertiary/aromatic N) is 1. The van der Waals surface area contributed by atoms with Crippen LogP contribution in [0.5, 0.6) is 0 Å². The summed E-state index contributed by atoms with van der Waals surface area (Å²) in [6.07, 6.45) is 0. The molecule has 0 unspecified atom stereocenters. The average molecular weight is 358 g/mol. The summed E-state index contributed by atoms with van der Waals surface area (Å²) in [5, 5.41) is 2.61. The molecule has 0 aliphatic rings. The van der Waals surface area contributed by atoms with E-state index in [0.29, 0.717) is 33.9 Å². The molecule has 2 rings (SSSR count). The number of esters is 1. The van der Waals surface area contributed by atoms with E-state index in [1.165, 1.54) is 4.90 Å². The minimum atomic E-state index is -0.598. The Bertz CT molecular complexity index is 834. The average Bonchev–Trinajstić information content (AvgIpc) is 2.85. The Morgan fingerprint density at radius 2 is 1.65 bits per heavy atom. The molecule has 2 amide bonds. The Labute approximate surface area is 151 Å². The van der Waals surface area contributed by atoms with Gasteiger partial charge in [-0.2, -0.15) is 0 Å². The summed E-state index contributed by atoms with van der Waals surface area (Å²) >= 11 is 0. The van der Waals surface area contributed by atoms with Gasteiger partial charge < -0.3 is 19.4 Å². The third-order valence-corrected chi connectivity index (χ3v) is 3.92. The van der Waals surface area contributed by atoms with E-state index in [1.54, 1.807) is 59.1 Å². The number of ether oxygens (including phenoxy) is 1. The summed E-state index contributed by atoms with van der Waals surface area (Å²) in [5.74, 6) is -0.0877. The van der Waals surface area contributed by atoms with Crippen molar-refractivity contribution in [1.29, 1.82) is 0 Å². The first-order valence-corrected chi connectivity index (χ1v) is 8.06. The second kappa shape index (κ2) is 7.86. The van der Waals surface area contributed by atoms with Gasteiger partial charge in [-0.15, -0.1) is 0 Å². The maximum atomic E-state index is 12.1. The maximum Gasteiger partial charge on any atom is 0.342 e. The van der Waals surface area contributed by atoms with Gasteiger partial charge in [-0.05, 0) is 45.0 Å². The van der Waals surface area contributed by atoms with Gasteiger partial charge in [0, 0.05) is 30.9 Å². The molecule has 1 heterocycles. The number of carbonyl (C=O) groups is 3. The van der Waals surface area contributed by atoms with E-state index in [-0.39, 0.29) is 5.91 Å². The molecule has 0 fully saturated rings. The molecule has 0 atom stereocenters.